The van der Waals surface area contributed by atoms with Crippen molar-refractivity contribution in [2.45, 2.75) is 0 Å². The number of aromatic amines is 1. The molecule has 0 bridgehead atoms. The number of nitrogens with two attached hydrogens (primary N) is 1. The van der Waals surface area contributed by atoms with E-state index in [4.69, 9.17) is 5.73 Å². The molecule has 3 nitrogen and oxygen atoms in total. The van der Waals surface area contributed by atoms with Crippen molar-refractivity contribution in [2.24, 2.45) is 0 Å². The number of H-pyrrole nitrogens is 1. The highest BCUT2D eigenvalue weighted by Crippen LogP contribution is 2.20. The van der Waals surface area contributed by atoms with E-state index in [0.717, 1.165) is 22.2 Å². The van der Waals surface area contributed by atoms with E-state index in [-0.39, 0.29) is 0 Å². The second-order valence-electron chi connectivity index (χ2n) is 2.64. The third-order valence-electron chi connectivity index (χ3n) is 1.86. The van der Waals surface area contributed by atoms with Gasteiger partial charge in [0, 0.05) is 11.1 Å². The van der Waals surface area contributed by atoms with Gasteiger partial charge in [0.25, 0.3) is 0 Å². The number of aromatic nitrogens is 2. The van der Waals surface area contributed by atoms with Gasteiger partial charge in [-0.05, 0) is 17.7 Å². The summed E-state index contributed by atoms with van der Waals surface area (Å²) < 4.78 is 0. The van der Waals surface area contributed by atoms with Crippen LogP contribution in [0.4, 0.5) is 5.69 Å². The minimum Gasteiger partial charge on any atom is -0.398 e. The number of benzene rings is 1. The van der Waals surface area contributed by atoms with Crippen LogP contribution in [0.5, 0.6) is 0 Å². The minimum atomic E-state index is 0.735. The lowest BCUT2D eigenvalue weighted by molar-refractivity contribution is 1.12. The zero-order valence-electron chi connectivity index (χ0n) is 6.54. The normalized spacial score (nSPS) is 10.3. The number of nitrogens with zero attached hydrogens (tertiary/aromatic N) is 1. The zero-order valence-corrected chi connectivity index (χ0v) is 6.54. The van der Waals surface area contributed by atoms with Crippen molar-refractivity contribution in [2.75, 3.05) is 5.73 Å². The van der Waals surface area contributed by atoms with Crippen LogP contribution >= 0.6 is 0 Å². The molecular formula is C9H9N3. The highest BCUT2D eigenvalue weighted by molar-refractivity contribution is 5.86. The van der Waals surface area contributed by atoms with E-state index in [2.05, 4.69) is 16.8 Å². The van der Waals surface area contributed by atoms with Crippen LogP contribution in [0.3, 0.4) is 0 Å². The lowest BCUT2D eigenvalue weighted by atomic mass is 10.1. The van der Waals surface area contributed by atoms with E-state index in [1.165, 1.54) is 0 Å². The molecule has 1 aromatic heterocycles. The van der Waals surface area contributed by atoms with E-state index in [9.17, 15) is 0 Å². The Morgan fingerprint density at radius 1 is 1.50 bits per heavy atom. The monoisotopic (exact) mass is 159 g/mol. The average molecular weight is 159 g/mol. The standard InChI is InChI=1S/C9H9N3/c1-2-6-4-9-7(3-8(6)10)5-11-12-9/h2-5H,1,10H2,(H,11,12). The van der Waals surface area contributed by atoms with Gasteiger partial charge in [-0.2, -0.15) is 5.10 Å². The number of fused-ring (bicyclic) bond motifs is 1. The van der Waals surface area contributed by atoms with Crippen LogP contribution in [-0.2, 0) is 0 Å². The first kappa shape index (κ1) is 6.91. The van der Waals surface area contributed by atoms with Crippen molar-refractivity contribution in [1.82, 2.24) is 10.2 Å². The first-order valence-electron chi connectivity index (χ1n) is 3.66. The molecule has 0 atom stereocenters. The van der Waals surface area contributed by atoms with Crippen molar-refractivity contribution in [3.8, 4) is 0 Å². The first-order chi connectivity index (χ1) is 5.81. The molecule has 0 aliphatic heterocycles. The van der Waals surface area contributed by atoms with Gasteiger partial charge in [0.15, 0.2) is 0 Å². The molecule has 12 heavy (non-hydrogen) atoms. The Kier molecular flexibility index (Phi) is 1.37. The molecule has 2 rings (SSSR count). The quantitative estimate of drug-likeness (QED) is 0.623. The summed E-state index contributed by atoms with van der Waals surface area (Å²) in [5.41, 5.74) is 8.40. The van der Waals surface area contributed by atoms with Gasteiger partial charge in [-0.25, -0.2) is 0 Å². The molecule has 0 saturated heterocycles. The molecule has 1 aromatic carbocycles. The smallest absolute Gasteiger partial charge is 0.0657 e. The van der Waals surface area contributed by atoms with Crippen LogP contribution in [0.1, 0.15) is 5.56 Å². The fourth-order valence-electron chi connectivity index (χ4n) is 1.20. The summed E-state index contributed by atoms with van der Waals surface area (Å²) in [6.45, 7) is 3.67. The summed E-state index contributed by atoms with van der Waals surface area (Å²) in [5, 5.41) is 7.80. The molecule has 0 spiro atoms. The van der Waals surface area contributed by atoms with E-state index in [1.54, 1.807) is 12.3 Å². The van der Waals surface area contributed by atoms with Gasteiger partial charge in [-0.3, -0.25) is 5.10 Å². The first-order valence-corrected chi connectivity index (χ1v) is 3.66. The number of hydrogen-bond acceptors (Lipinski definition) is 2. The number of nitrogens with one attached hydrogen (secondary N) is 1. The van der Waals surface area contributed by atoms with Crippen LogP contribution in [0, 0.1) is 0 Å². The van der Waals surface area contributed by atoms with Crippen LogP contribution in [0.15, 0.2) is 24.9 Å². The molecule has 0 aliphatic rings. The fraction of sp³-hybridized carbons (Fsp3) is 0. The lowest BCUT2D eigenvalue weighted by Gasteiger charge is -1.98. The van der Waals surface area contributed by atoms with Crippen LogP contribution < -0.4 is 5.73 Å². The molecular weight excluding hydrogens is 150 g/mol. The Balaban J connectivity index is 2.81. The van der Waals surface area contributed by atoms with Gasteiger partial charge in [-0.15, -0.1) is 0 Å². The lowest BCUT2D eigenvalue weighted by Crippen LogP contribution is -1.88. The minimum absolute atomic E-state index is 0.735. The molecule has 0 fully saturated rings. The predicted molar refractivity (Wildman–Crippen MR) is 50.6 cm³/mol. The Hall–Kier alpha value is -1.77. The van der Waals surface area contributed by atoms with Gasteiger partial charge >= 0.3 is 0 Å². The number of rotatable bonds is 1. The van der Waals surface area contributed by atoms with Crippen molar-refractivity contribution in [3.63, 3.8) is 0 Å². The summed E-state index contributed by atoms with van der Waals surface area (Å²) in [7, 11) is 0. The maximum Gasteiger partial charge on any atom is 0.0657 e. The largest absolute Gasteiger partial charge is 0.398 e. The molecule has 0 aliphatic carbocycles. The maximum atomic E-state index is 5.74. The zero-order chi connectivity index (χ0) is 8.55. The van der Waals surface area contributed by atoms with Gasteiger partial charge in [-0.1, -0.05) is 12.7 Å². The summed E-state index contributed by atoms with van der Waals surface area (Å²) in [6.07, 6.45) is 3.48. The van der Waals surface area contributed by atoms with Crippen molar-refractivity contribution in [3.05, 3.63) is 30.5 Å². The van der Waals surface area contributed by atoms with Gasteiger partial charge in [0.05, 0.1) is 11.7 Å². The molecule has 0 saturated carbocycles. The van der Waals surface area contributed by atoms with Gasteiger partial charge < -0.3 is 5.73 Å². The number of hydrogen-bond donors (Lipinski definition) is 2. The maximum absolute atomic E-state index is 5.74. The molecule has 0 amide bonds. The SMILES string of the molecule is C=Cc1cc2[nH]ncc2cc1N. The van der Waals surface area contributed by atoms with E-state index in [0.29, 0.717) is 0 Å². The van der Waals surface area contributed by atoms with E-state index >= 15 is 0 Å². The molecule has 3 N–H and O–H groups in total. The second-order valence-corrected chi connectivity index (χ2v) is 2.64. The third kappa shape index (κ3) is 0.871. The van der Waals surface area contributed by atoms with E-state index in [1.807, 2.05) is 12.1 Å². The van der Waals surface area contributed by atoms with Crippen molar-refractivity contribution in [1.29, 1.82) is 0 Å². The molecule has 0 unspecified atom stereocenters. The predicted octanol–water partition coefficient (Wildman–Crippen LogP) is 1.79. The second kappa shape index (κ2) is 2.37. The highest BCUT2D eigenvalue weighted by Gasteiger charge is 1.99. The topological polar surface area (TPSA) is 54.7 Å². The molecule has 2 aromatic rings. The van der Waals surface area contributed by atoms with Crippen LogP contribution in [0.2, 0.25) is 0 Å². The number of nitrogen functional groups attached to an aromatic ring is 1. The Labute approximate surface area is 69.9 Å². The molecule has 3 heteroatoms. The number of anilines is 1. The van der Waals surface area contributed by atoms with E-state index < -0.39 is 0 Å². The molecule has 60 valence electrons. The summed E-state index contributed by atoms with van der Waals surface area (Å²) in [6, 6.07) is 3.82. The summed E-state index contributed by atoms with van der Waals surface area (Å²) in [4.78, 5) is 0. The average Bonchev–Trinajstić information content (AvgIpc) is 2.49. The Bertz CT molecular complexity index is 428. The molecule has 0 radical (unpaired) electrons. The summed E-state index contributed by atoms with van der Waals surface area (Å²) >= 11 is 0. The van der Waals surface area contributed by atoms with Crippen molar-refractivity contribution >= 4 is 22.7 Å². The highest BCUT2D eigenvalue weighted by atomic mass is 15.1. The van der Waals surface area contributed by atoms with Crippen molar-refractivity contribution < 1.29 is 0 Å². The van der Waals surface area contributed by atoms with Crippen LogP contribution in [0.25, 0.3) is 17.0 Å². The van der Waals surface area contributed by atoms with Gasteiger partial charge in [0.2, 0.25) is 0 Å². The molecule has 1 heterocycles. The third-order valence-corrected chi connectivity index (χ3v) is 1.86. The van der Waals surface area contributed by atoms with Gasteiger partial charge in [0.1, 0.15) is 0 Å². The Morgan fingerprint density at radius 2 is 2.33 bits per heavy atom. The Morgan fingerprint density at radius 3 is 3.08 bits per heavy atom. The summed E-state index contributed by atoms with van der Waals surface area (Å²) in [5.74, 6) is 0. The van der Waals surface area contributed by atoms with Crippen LogP contribution in [-0.4, -0.2) is 10.2 Å². The fourth-order valence-corrected chi connectivity index (χ4v) is 1.20.